The Hall–Kier alpha value is -0.120. The van der Waals surface area contributed by atoms with Crippen LogP contribution in [-0.4, -0.2) is 38.3 Å². The maximum atomic E-state index is 5.39. The first-order valence-corrected chi connectivity index (χ1v) is 3.73. The van der Waals surface area contributed by atoms with E-state index in [-0.39, 0.29) is 6.17 Å². The van der Waals surface area contributed by atoms with Gasteiger partial charge in [0.1, 0.15) is 0 Å². The van der Waals surface area contributed by atoms with E-state index in [4.69, 9.17) is 11.5 Å². The largest absolute Gasteiger partial charge is 0.331 e. The van der Waals surface area contributed by atoms with Gasteiger partial charge in [-0.15, -0.1) is 0 Å². The van der Waals surface area contributed by atoms with Crippen LogP contribution in [0.2, 0.25) is 0 Å². The van der Waals surface area contributed by atoms with Crippen molar-refractivity contribution in [1.29, 1.82) is 0 Å². The Labute approximate surface area is 63.6 Å². The monoisotopic (exact) mass is 146 g/mol. The van der Waals surface area contributed by atoms with Crippen LogP contribution in [0.3, 0.4) is 0 Å². The second-order valence-electron chi connectivity index (χ2n) is 3.82. The number of rotatable bonds is 4. The van der Waals surface area contributed by atoms with Crippen molar-refractivity contribution in [2.75, 3.05) is 27.7 Å². The topological polar surface area (TPSA) is 52.0 Å². The summed E-state index contributed by atoms with van der Waals surface area (Å²) < 4.78 is 0.993. The number of nitrogens with two attached hydrogens (primary N) is 2. The Morgan fingerprint density at radius 3 is 2.00 bits per heavy atom. The minimum absolute atomic E-state index is 0.133. The molecule has 0 aromatic rings. The van der Waals surface area contributed by atoms with Crippen molar-refractivity contribution >= 4 is 0 Å². The van der Waals surface area contributed by atoms with E-state index in [1.807, 2.05) is 0 Å². The summed E-state index contributed by atoms with van der Waals surface area (Å²) in [4.78, 5) is 0. The van der Waals surface area contributed by atoms with E-state index in [0.717, 1.165) is 23.9 Å². The standard InChI is InChI=1S/C7H20N3/c1-10(2,3)6-4-5-7(8)9/h7H,4-6,8-9H2,1-3H3/q+1. The van der Waals surface area contributed by atoms with Gasteiger partial charge in [-0.05, 0) is 12.8 Å². The van der Waals surface area contributed by atoms with Crippen molar-refractivity contribution in [2.45, 2.75) is 19.0 Å². The highest BCUT2D eigenvalue weighted by Gasteiger charge is 2.06. The second kappa shape index (κ2) is 3.91. The molecule has 0 unspecified atom stereocenters. The zero-order chi connectivity index (χ0) is 8.20. The van der Waals surface area contributed by atoms with Crippen LogP contribution < -0.4 is 11.5 Å². The van der Waals surface area contributed by atoms with E-state index in [1.54, 1.807) is 0 Å². The number of quaternary nitrogens is 1. The van der Waals surface area contributed by atoms with Crippen molar-refractivity contribution in [2.24, 2.45) is 11.5 Å². The van der Waals surface area contributed by atoms with Crippen LogP contribution in [0.25, 0.3) is 0 Å². The molecule has 0 heterocycles. The van der Waals surface area contributed by atoms with Crippen LogP contribution in [-0.2, 0) is 0 Å². The Balaban J connectivity index is 3.21. The lowest BCUT2D eigenvalue weighted by Crippen LogP contribution is -2.37. The third-order valence-corrected chi connectivity index (χ3v) is 1.37. The molecule has 0 aliphatic rings. The first-order valence-electron chi connectivity index (χ1n) is 3.73. The highest BCUT2D eigenvalue weighted by molar-refractivity contribution is 4.49. The zero-order valence-corrected chi connectivity index (χ0v) is 7.30. The molecule has 0 bridgehead atoms. The summed E-state index contributed by atoms with van der Waals surface area (Å²) in [7, 11) is 6.51. The average molecular weight is 146 g/mol. The van der Waals surface area contributed by atoms with Crippen molar-refractivity contribution in [3.8, 4) is 0 Å². The van der Waals surface area contributed by atoms with Crippen LogP contribution in [0.5, 0.6) is 0 Å². The molecule has 0 saturated heterocycles. The predicted molar refractivity (Wildman–Crippen MR) is 44.3 cm³/mol. The summed E-state index contributed by atoms with van der Waals surface area (Å²) in [5.74, 6) is 0. The number of nitrogens with zero attached hydrogens (tertiary/aromatic N) is 1. The van der Waals surface area contributed by atoms with Gasteiger partial charge >= 0.3 is 0 Å². The third-order valence-electron chi connectivity index (χ3n) is 1.37. The lowest BCUT2D eigenvalue weighted by Gasteiger charge is -2.23. The van der Waals surface area contributed by atoms with Crippen LogP contribution in [0.15, 0.2) is 0 Å². The summed E-state index contributed by atoms with van der Waals surface area (Å²) in [6.07, 6.45) is 1.91. The molecule has 0 rings (SSSR count). The third kappa shape index (κ3) is 7.88. The molecular weight excluding hydrogens is 126 g/mol. The molecule has 0 amide bonds. The van der Waals surface area contributed by atoms with Gasteiger partial charge in [-0.1, -0.05) is 0 Å². The molecule has 0 aliphatic heterocycles. The average Bonchev–Trinajstić information content (AvgIpc) is 1.59. The van der Waals surface area contributed by atoms with Gasteiger partial charge in [-0.2, -0.15) is 0 Å². The van der Waals surface area contributed by atoms with Crippen molar-refractivity contribution < 1.29 is 4.48 Å². The molecule has 0 radical (unpaired) electrons. The number of hydrogen-bond donors (Lipinski definition) is 2. The van der Waals surface area contributed by atoms with Crippen LogP contribution >= 0.6 is 0 Å². The SMILES string of the molecule is C[N+](C)(C)CCCC(N)N. The van der Waals surface area contributed by atoms with Crippen LogP contribution in [0.4, 0.5) is 0 Å². The van der Waals surface area contributed by atoms with Gasteiger partial charge < -0.3 is 16.0 Å². The van der Waals surface area contributed by atoms with Gasteiger partial charge in [0.05, 0.1) is 33.9 Å². The van der Waals surface area contributed by atoms with Gasteiger partial charge in [0, 0.05) is 0 Å². The Morgan fingerprint density at radius 2 is 1.70 bits per heavy atom. The molecular formula is C7H20N3+. The second-order valence-corrected chi connectivity index (χ2v) is 3.82. The van der Waals surface area contributed by atoms with E-state index in [1.165, 1.54) is 0 Å². The maximum absolute atomic E-state index is 5.39. The van der Waals surface area contributed by atoms with Gasteiger partial charge in [0.25, 0.3) is 0 Å². The molecule has 3 heteroatoms. The Morgan fingerprint density at radius 1 is 1.20 bits per heavy atom. The summed E-state index contributed by atoms with van der Waals surface area (Å²) >= 11 is 0. The molecule has 0 aromatic carbocycles. The van der Waals surface area contributed by atoms with Gasteiger partial charge in [-0.3, -0.25) is 0 Å². The summed E-state index contributed by atoms with van der Waals surface area (Å²) in [5, 5.41) is 0. The van der Waals surface area contributed by atoms with Crippen LogP contribution in [0, 0.1) is 0 Å². The zero-order valence-electron chi connectivity index (χ0n) is 7.30. The molecule has 62 valence electrons. The Kier molecular flexibility index (Phi) is 3.86. The fourth-order valence-corrected chi connectivity index (χ4v) is 0.801. The molecule has 0 spiro atoms. The minimum Gasteiger partial charge on any atom is -0.331 e. The van der Waals surface area contributed by atoms with E-state index < -0.39 is 0 Å². The van der Waals surface area contributed by atoms with E-state index in [9.17, 15) is 0 Å². The van der Waals surface area contributed by atoms with E-state index in [2.05, 4.69) is 21.1 Å². The van der Waals surface area contributed by atoms with Gasteiger partial charge in [0.2, 0.25) is 0 Å². The van der Waals surface area contributed by atoms with Crippen LogP contribution in [0.1, 0.15) is 12.8 Å². The molecule has 4 N–H and O–H groups in total. The summed E-state index contributed by atoms with van der Waals surface area (Å²) in [5.41, 5.74) is 10.8. The van der Waals surface area contributed by atoms with E-state index >= 15 is 0 Å². The smallest absolute Gasteiger partial charge is 0.0781 e. The first kappa shape index (κ1) is 9.88. The highest BCUT2D eigenvalue weighted by atomic mass is 15.3. The lowest BCUT2D eigenvalue weighted by atomic mass is 10.2. The molecule has 0 fully saturated rings. The predicted octanol–water partition coefficient (Wildman–Crippen LogP) is -0.284. The highest BCUT2D eigenvalue weighted by Crippen LogP contribution is 1.96. The molecule has 0 aromatic heterocycles. The molecule has 0 aliphatic carbocycles. The summed E-state index contributed by atoms with van der Waals surface area (Å²) in [6.45, 7) is 1.14. The fourth-order valence-electron chi connectivity index (χ4n) is 0.801. The molecule has 0 atom stereocenters. The molecule has 3 nitrogen and oxygen atoms in total. The van der Waals surface area contributed by atoms with E-state index in [0.29, 0.717) is 0 Å². The van der Waals surface area contributed by atoms with Crippen molar-refractivity contribution in [1.82, 2.24) is 0 Å². The van der Waals surface area contributed by atoms with Gasteiger partial charge in [0.15, 0.2) is 0 Å². The van der Waals surface area contributed by atoms with Crippen molar-refractivity contribution in [3.63, 3.8) is 0 Å². The Bertz CT molecular complexity index is 83.3. The quantitative estimate of drug-likeness (QED) is 0.423. The molecule has 10 heavy (non-hydrogen) atoms. The fraction of sp³-hybridized carbons (Fsp3) is 1.00. The van der Waals surface area contributed by atoms with Gasteiger partial charge in [-0.25, -0.2) is 0 Å². The summed E-state index contributed by atoms with van der Waals surface area (Å²) in [6, 6.07) is 0. The first-order chi connectivity index (χ1) is 4.42. The minimum atomic E-state index is -0.133. The van der Waals surface area contributed by atoms with Crippen molar-refractivity contribution in [3.05, 3.63) is 0 Å². The molecule has 0 saturated carbocycles. The lowest BCUT2D eigenvalue weighted by molar-refractivity contribution is -0.870. The normalized spacial score (nSPS) is 12.6. The maximum Gasteiger partial charge on any atom is 0.0781 e. The number of hydrogen-bond acceptors (Lipinski definition) is 2.